The second kappa shape index (κ2) is 11.9. The molecule has 1 fully saturated rings. The molecule has 0 unspecified atom stereocenters. The average Bonchev–Trinajstić information content (AvgIpc) is 3.01. The van der Waals surface area contributed by atoms with Crippen molar-refractivity contribution in [1.82, 2.24) is 10.2 Å². The highest BCUT2D eigenvalue weighted by atomic mass is 32.2. The van der Waals surface area contributed by atoms with Crippen molar-refractivity contribution in [3.05, 3.63) is 59.7 Å². The van der Waals surface area contributed by atoms with Gasteiger partial charge in [-0.25, -0.2) is 8.42 Å². The van der Waals surface area contributed by atoms with E-state index < -0.39 is 10.0 Å². The van der Waals surface area contributed by atoms with Crippen LogP contribution in [0.3, 0.4) is 0 Å². The van der Waals surface area contributed by atoms with Crippen molar-refractivity contribution in [3.8, 4) is 5.75 Å². The van der Waals surface area contributed by atoms with Gasteiger partial charge >= 0.3 is 0 Å². The van der Waals surface area contributed by atoms with Gasteiger partial charge in [-0.3, -0.25) is 14.4 Å². The van der Waals surface area contributed by atoms with Gasteiger partial charge in [0.2, 0.25) is 10.0 Å². The van der Waals surface area contributed by atoms with Crippen molar-refractivity contribution in [2.45, 2.75) is 38.6 Å². The lowest BCUT2D eigenvalue weighted by Gasteiger charge is -2.20. The van der Waals surface area contributed by atoms with E-state index in [0.717, 1.165) is 31.6 Å². The summed E-state index contributed by atoms with van der Waals surface area (Å²) < 4.78 is 30.9. The first kappa shape index (κ1) is 24.1. The second-order valence-corrected chi connectivity index (χ2v) is 10.00. The normalized spacial score (nSPS) is 15.0. The minimum Gasteiger partial charge on any atom is -0.494 e. The molecule has 0 aliphatic carbocycles. The number of sulfonamides is 1. The Morgan fingerprint density at radius 2 is 1.78 bits per heavy atom. The Kier molecular flexibility index (Phi) is 8.93. The van der Waals surface area contributed by atoms with E-state index in [2.05, 4.69) is 27.1 Å². The Bertz CT molecular complexity index is 986. The second-order valence-electron chi connectivity index (χ2n) is 8.25. The fourth-order valence-corrected chi connectivity index (χ4v) is 4.35. The third-order valence-electron chi connectivity index (χ3n) is 5.31. The summed E-state index contributed by atoms with van der Waals surface area (Å²) in [5, 5.41) is 2.84. The summed E-state index contributed by atoms with van der Waals surface area (Å²) >= 11 is 0. The van der Waals surface area contributed by atoms with Crippen molar-refractivity contribution in [2.24, 2.45) is 0 Å². The van der Waals surface area contributed by atoms with E-state index in [0.29, 0.717) is 30.8 Å². The lowest BCUT2D eigenvalue weighted by atomic mass is 10.2. The first-order chi connectivity index (χ1) is 15.4. The number of anilines is 1. The molecule has 1 aliphatic heterocycles. The van der Waals surface area contributed by atoms with Gasteiger partial charge in [0.15, 0.2) is 0 Å². The van der Waals surface area contributed by atoms with Crippen LogP contribution in [0.1, 0.15) is 48.0 Å². The van der Waals surface area contributed by atoms with Crippen LogP contribution < -0.4 is 14.8 Å². The van der Waals surface area contributed by atoms with Crippen molar-refractivity contribution in [1.29, 1.82) is 0 Å². The van der Waals surface area contributed by atoms with Gasteiger partial charge in [-0.1, -0.05) is 31.0 Å². The molecule has 0 spiro atoms. The quantitative estimate of drug-likeness (QED) is 0.530. The molecule has 0 aromatic heterocycles. The Balaban J connectivity index is 1.40. The van der Waals surface area contributed by atoms with Crippen LogP contribution in [-0.4, -0.2) is 51.7 Å². The smallest absolute Gasteiger partial charge is 0.251 e. The number of hydrogen-bond donors (Lipinski definition) is 2. The molecular formula is C24H33N3O4S. The van der Waals surface area contributed by atoms with Crippen molar-refractivity contribution in [2.75, 3.05) is 37.2 Å². The first-order valence-electron chi connectivity index (χ1n) is 11.2. The van der Waals surface area contributed by atoms with E-state index in [-0.39, 0.29) is 5.91 Å². The summed E-state index contributed by atoms with van der Waals surface area (Å²) in [4.78, 5) is 14.8. The number of carbonyl (C=O) groups excluding carboxylic acids is 1. The Hall–Kier alpha value is -2.58. The average molecular weight is 460 g/mol. The zero-order chi connectivity index (χ0) is 22.8. The maximum Gasteiger partial charge on any atom is 0.251 e. The zero-order valence-electron chi connectivity index (χ0n) is 18.7. The molecule has 0 saturated carbocycles. The number of rotatable bonds is 10. The molecule has 174 valence electrons. The van der Waals surface area contributed by atoms with Gasteiger partial charge in [-0.05, 0) is 68.2 Å². The van der Waals surface area contributed by atoms with E-state index in [1.54, 1.807) is 18.2 Å². The predicted octanol–water partition coefficient (Wildman–Crippen LogP) is 3.63. The van der Waals surface area contributed by atoms with Gasteiger partial charge in [0.05, 0.1) is 12.9 Å². The third kappa shape index (κ3) is 8.51. The maximum absolute atomic E-state index is 12.3. The Morgan fingerprint density at radius 3 is 2.53 bits per heavy atom. The maximum atomic E-state index is 12.3. The number of hydrogen-bond acceptors (Lipinski definition) is 5. The Morgan fingerprint density at radius 1 is 1.03 bits per heavy atom. The highest BCUT2D eigenvalue weighted by Crippen LogP contribution is 2.18. The number of benzene rings is 2. The van der Waals surface area contributed by atoms with Gasteiger partial charge in [0.1, 0.15) is 5.75 Å². The fourth-order valence-electron chi connectivity index (χ4n) is 3.79. The van der Waals surface area contributed by atoms with Gasteiger partial charge in [0, 0.05) is 24.3 Å². The molecule has 0 atom stereocenters. The first-order valence-corrected chi connectivity index (χ1v) is 13.1. The van der Waals surface area contributed by atoms with Crippen LogP contribution in [0.25, 0.3) is 0 Å². The molecule has 7 nitrogen and oxygen atoms in total. The monoisotopic (exact) mass is 459 g/mol. The molecule has 1 saturated heterocycles. The van der Waals surface area contributed by atoms with Crippen LogP contribution in [0.15, 0.2) is 48.5 Å². The minimum atomic E-state index is -3.38. The number of carbonyl (C=O) groups is 1. The van der Waals surface area contributed by atoms with Gasteiger partial charge in [-0.2, -0.15) is 0 Å². The van der Waals surface area contributed by atoms with Crippen LogP contribution in [0.4, 0.5) is 5.69 Å². The SMILES string of the molecule is CS(=O)(=O)Nc1cccc(C(=O)NCCCOc2cccc(CN3CCCCCC3)c2)c1. The van der Waals surface area contributed by atoms with E-state index >= 15 is 0 Å². The van der Waals surface area contributed by atoms with Crippen LogP contribution in [-0.2, 0) is 16.6 Å². The molecule has 2 aromatic carbocycles. The summed E-state index contributed by atoms with van der Waals surface area (Å²) in [5.74, 6) is 0.602. The molecule has 0 bridgehead atoms. The standard InChI is InChI=1S/C24H33N3O4S/c1-32(29,30)26-22-11-7-10-21(18-22)24(28)25-13-8-16-31-23-12-6-9-20(17-23)19-27-14-4-2-3-5-15-27/h6-7,9-12,17-18,26H,2-5,8,13-16,19H2,1H3,(H,25,28). The minimum absolute atomic E-state index is 0.249. The fraction of sp³-hybridized carbons (Fsp3) is 0.458. The predicted molar refractivity (Wildman–Crippen MR) is 128 cm³/mol. The molecule has 1 heterocycles. The highest BCUT2D eigenvalue weighted by molar-refractivity contribution is 7.92. The van der Waals surface area contributed by atoms with Crippen LogP contribution in [0, 0.1) is 0 Å². The summed E-state index contributed by atoms with van der Waals surface area (Å²) in [6.45, 7) is 4.26. The summed E-state index contributed by atoms with van der Waals surface area (Å²) in [5.41, 5.74) is 2.03. The number of likely N-dealkylation sites (tertiary alicyclic amines) is 1. The van der Waals surface area contributed by atoms with Crippen molar-refractivity contribution >= 4 is 21.6 Å². The number of amides is 1. The summed E-state index contributed by atoms with van der Waals surface area (Å²) in [7, 11) is -3.38. The highest BCUT2D eigenvalue weighted by Gasteiger charge is 2.10. The van der Waals surface area contributed by atoms with Crippen molar-refractivity contribution in [3.63, 3.8) is 0 Å². The summed E-state index contributed by atoms with van der Waals surface area (Å²) in [6.07, 6.45) is 6.97. The molecule has 32 heavy (non-hydrogen) atoms. The van der Waals surface area contributed by atoms with Crippen LogP contribution in [0.2, 0.25) is 0 Å². The topological polar surface area (TPSA) is 87.7 Å². The molecule has 3 rings (SSSR count). The third-order valence-corrected chi connectivity index (χ3v) is 5.91. The number of nitrogens with zero attached hydrogens (tertiary/aromatic N) is 1. The van der Waals surface area contributed by atoms with Gasteiger partial charge < -0.3 is 10.1 Å². The van der Waals surface area contributed by atoms with Gasteiger partial charge in [0.25, 0.3) is 5.91 Å². The van der Waals surface area contributed by atoms with E-state index in [9.17, 15) is 13.2 Å². The Labute approximate surface area is 191 Å². The number of nitrogens with one attached hydrogen (secondary N) is 2. The largest absolute Gasteiger partial charge is 0.494 e. The molecular weight excluding hydrogens is 426 g/mol. The summed E-state index contributed by atoms with van der Waals surface area (Å²) in [6, 6.07) is 14.6. The molecule has 1 amide bonds. The van der Waals surface area contributed by atoms with E-state index in [1.807, 2.05) is 12.1 Å². The van der Waals surface area contributed by atoms with Crippen LogP contribution >= 0.6 is 0 Å². The molecule has 2 aromatic rings. The molecule has 2 N–H and O–H groups in total. The lowest BCUT2D eigenvalue weighted by molar-refractivity contribution is 0.0951. The van der Waals surface area contributed by atoms with E-state index in [4.69, 9.17) is 4.74 Å². The van der Waals surface area contributed by atoms with Gasteiger partial charge in [-0.15, -0.1) is 0 Å². The molecule has 8 heteroatoms. The zero-order valence-corrected chi connectivity index (χ0v) is 19.5. The van der Waals surface area contributed by atoms with Crippen molar-refractivity contribution < 1.29 is 17.9 Å². The van der Waals surface area contributed by atoms with E-state index in [1.165, 1.54) is 37.3 Å². The number of ether oxygens (including phenoxy) is 1. The lowest BCUT2D eigenvalue weighted by Crippen LogP contribution is -2.25. The molecule has 1 aliphatic rings. The van der Waals surface area contributed by atoms with Crippen LogP contribution in [0.5, 0.6) is 5.75 Å². The molecule has 0 radical (unpaired) electrons.